The fraction of sp³-hybridized carbons (Fsp3) is 0.318. The molecule has 0 bridgehead atoms. The number of nitrogens with one attached hydrogen (secondary N) is 1. The lowest BCUT2D eigenvalue weighted by Crippen LogP contribution is -2.31. The number of ether oxygens (including phenoxy) is 1. The van der Waals surface area contributed by atoms with Crippen LogP contribution >= 0.6 is 0 Å². The van der Waals surface area contributed by atoms with Crippen molar-refractivity contribution in [2.45, 2.75) is 18.8 Å². The zero-order chi connectivity index (χ0) is 21.5. The fourth-order valence-electron chi connectivity index (χ4n) is 3.46. The molecule has 0 unspecified atom stereocenters. The van der Waals surface area contributed by atoms with E-state index in [1.807, 2.05) is 24.3 Å². The topological polar surface area (TPSA) is 105 Å². The molecule has 8 nitrogen and oxygen atoms in total. The van der Waals surface area contributed by atoms with Crippen LogP contribution in [0.1, 0.15) is 29.9 Å². The van der Waals surface area contributed by atoms with Crippen LogP contribution in [0.25, 0.3) is 11.1 Å². The third-order valence-corrected chi connectivity index (χ3v) is 4.91. The Balaban J connectivity index is 1.42. The van der Waals surface area contributed by atoms with Crippen LogP contribution < -0.4 is 5.32 Å². The van der Waals surface area contributed by atoms with Crippen molar-refractivity contribution in [3.63, 3.8) is 0 Å². The van der Waals surface area contributed by atoms with Crippen LogP contribution in [0.15, 0.2) is 48.5 Å². The molecule has 0 aromatic heterocycles. The SMILES string of the molecule is CN(OCC(=O)O)C(=O)CCCNC(=O)OCC1c2ccccc2-c2ccccc21. The van der Waals surface area contributed by atoms with Gasteiger partial charge in [-0.1, -0.05) is 48.5 Å². The van der Waals surface area contributed by atoms with Crippen molar-refractivity contribution in [2.24, 2.45) is 0 Å². The maximum atomic E-state index is 12.1. The van der Waals surface area contributed by atoms with Gasteiger partial charge in [0.2, 0.25) is 5.91 Å². The standard InChI is InChI=1S/C22H24N2O6/c1-24(30-14-21(26)27)20(25)11-6-12-23-22(28)29-13-19-17-9-4-2-7-15(17)16-8-3-5-10-18(16)19/h2-5,7-10,19H,6,11-14H2,1H3,(H,23,28)(H,26,27). The van der Waals surface area contributed by atoms with Gasteiger partial charge >= 0.3 is 12.1 Å². The number of benzene rings is 2. The molecule has 2 aromatic carbocycles. The first-order valence-electron chi connectivity index (χ1n) is 9.67. The molecule has 30 heavy (non-hydrogen) atoms. The Morgan fingerprint density at radius 1 is 1.03 bits per heavy atom. The van der Waals surface area contributed by atoms with Gasteiger partial charge in [0.15, 0.2) is 6.61 Å². The molecule has 0 saturated carbocycles. The van der Waals surface area contributed by atoms with Crippen LogP contribution in [0, 0.1) is 0 Å². The van der Waals surface area contributed by atoms with Crippen LogP contribution in [0.5, 0.6) is 0 Å². The van der Waals surface area contributed by atoms with Crippen LogP contribution in [-0.2, 0) is 19.2 Å². The summed E-state index contributed by atoms with van der Waals surface area (Å²) in [4.78, 5) is 39.1. The van der Waals surface area contributed by atoms with Gasteiger partial charge in [-0.15, -0.1) is 0 Å². The van der Waals surface area contributed by atoms with E-state index in [0.29, 0.717) is 6.42 Å². The molecular weight excluding hydrogens is 388 g/mol. The van der Waals surface area contributed by atoms with Crippen LogP contribution in [-0.4, -0.2) is 54.9 Å². The third-order valence-electron chi connectivity index (χ3n) is 4.91. The molecule has 158 valence electrons. The number of aliphatic carboxylic acids is 1. The van der Waals surface area contributed by atoms with E-state index in [0.717, 1.165) is 27.3 Å². The second-order valence-electron chi connectivity index (χ2n) is 6.91. The van der Waals surface area contributed by atoms with E-state index in [1.165, 1.54) is 7.05 Å². The van der Waals surface area contributed by atoms with Gasteiger partial charge < -0.3 is 15.2 Å². The first kappa shape index (κ1) is 21.3. The first-order valence-corrected chi connectivity index (χ1v) is 9.67. The predicted octanol–water partition coefficient (Wildman–Crippen LogP) is 2.78. The highest BCUT2D eigenvalue weighted by Gasteiger charge is 2.28. The van der Waals surface area contributed by atoms with Gasteiger partial charge in [0.1, 0.15) is 6.61 Å². The molecule has 8 heteroatoms. The maximum absolute atomic E-state index is 12.1. The monoisotopic (exact) mass is 412 g/mol. The van der Waals surface area contributed by atoms with E-state index in [-0.39, 0.29) is 31.4 Å². The number of fused-ring (bicyclic) bond motifs is 3. The molecule has 2 amide bonds. The molecule has 0 atom stereocenters. The molecule has 0 radical (unpaired) electrons. The number of hydrogen-bond acceptors (Lipinski definition) is 5. The number of carbonyl (C=O) groups excluding carboxylic acids is 2. The van der Waals surface area contributed by atoms with Crippen molar-refractivity contribution in [3.8, 4) is 11.1 Å². The van der Waals surface area contributed by atoms with Crippen LogP contribution in [0.2, 0.25) is 0 Å². The molecule has 0 fully saturated rings. The van der Waals surface area contributed by atoms with E-state index in [4.69, 9.17) is 14.7 Å². The van der Waals surface area contributed by atoms with Gasteiger partial charge in [0.25, 0.3) is 0 Å². The highest BCUT2D eigenvalue weighted by atomic mass is 16.7. The highest BCUT2D eigenvalue weighted by molar-refractivity contribution is 5.79. The number of alkyl carbamates (subject to hydrolysis) is 1. The lowest BCUT2D eigenvalue weighted by molar-refractivity contribution is -0.185. The first-order chi connectivity index (χ1) is 14.5. The van der Waals surface area contributed by atoms with Gasteiger partial charge in [0.05, 0.1) is 0 Å². The largest absolute Gasteiger partial charge is 0.479 e. The normalized spacial score (nSPS) is 12.0. The molecule has 3 rings (SSSR count). The molecule has 0 spiro atoms. The van der Waals surface area contributed by atoms with Crippen LogP contribution in [0.3, 0.4) is 0 Å². The minimum Gasteiger partial charge on any atom is -0.479 e. The van der Waals surface area contributed by atoms with Gasteiger partial charge in [-0.2, -0.15) is 0 Å². The third kappa shape index (κ3) is 5.15. The minimum atomic E-state index is -1.16. The number of carbonyl (C=O) groups is 3. The van der Waals surface area contributed by atoms with Gasteiger partial charge in [-0.3, -0.25) is 9.63 Å². The summed E-state index contributed by atoms with van der Waals surface area (Å²) in [6.45, 7) is -0.0972. The number of hydroxylamine groups is 2. The number of rotatable bonds is 9. The average molecular weight is 412 g/mol. The van der Waals surface area contributed by atoms with Crippen molar-refractivity contribution in [2.75, 3.05) is 26.8 Å². The summed E-state index contributed by atoms with van der Waals surface area (Å²) in [5.41, 5.74) is 4.60. The van der Waals surface area contributed by atoms with Crippen LogP contribution in [0.4, 0.5) is 4.79 Å². The van der Waals surface area contributed by atoms with Crippen molar-refractivity contribution in [3.05, 3.63) is 59.7 Å². The Labute approximate surface area is 174 Å². The van der Waals surface area contributed by atoms with Crippen molar-refractivity contribution >= 4 is 18.0 Å². The number of amides is 2. The highest BCUT2D eigenvalue weighted by Crippen LogP contribution is 2.44. The van der Waals surface area contributed by atoms with Gasteiger partial charge in [0, 0.05) is 25.9 Å². The molecule has 0 aliphatic heterocycles. The Morgan fingerprint density at radius 3 is 2.23 bits per heavy atom. The molecule has 0 saturated heterocycles. The molecule has 0 heterocycles. The van der Waals surface area contributed by atoms with E-state index in [2.05, 4.69) is 29.6 Å². The summed E-state index contributed by atoms with van der Waals surface area (Å²) in [5, 5.41) is 12.1. The Morgan fingerprint density at radius 2 is 1.63 bits per heavy atom. The molecular formula is C22H24N2O6. The zero-order valence-electron chi connectivity index (χ0n) is 16.7. The predicted molar refractivity (Wildman–Crippen MR) is 109 cm³/mol. The molecule has 2 aromatic rings. The number of nitrogens with zero attached hydrogens (tertiary/aromatic N) is 1. The molecule has 1 aliphatic rings. The molecule has 2 N–H and O–H groups in total. The number of carboxylic acid groups (broad SMARTS) is 1. The van der Waals surface area contributed by atoms with E-state index in [9.17, 15) is 14.4 Å². The van der Waals surface area contributed by atoms with E-state index in [1.54, 1.807) is 0 Å². The lowest BCUT2D eigenvalue weighted by Gasteiger charge is -2.16. The Hall–Kier alpha value is -3.39. The van der Waals surface area contributed by atoms with Gasteiger partial charge in [-0.05, 0) is 28.7 Å². The fourth-order valence-corrected chi connectivity index (χ4v) is 3.46. The summed E-state index contributed by atoms with van der Waals surface area (Å²) < 4.78 is 5.42. The summed E-state index contributed by atoms with van der Waals surface area (Å²) in [6, 6.07) is 16.2. The second-order valence-corrected chi connectivity index (χ2v) is 6.91. The zero-order valence-corrected chi connectivity index (χ0v) is 16.7. The summed E-state index contributed by atoms with van der Waals surface area (Å²) in [5.74, 6) is -1.54. The quantitative estimate of drug-likeness (QED) is 0.485. The van der Waals surface area contributed by atoms with Crippen molar-refractivity contribution in [1.82, 2.24) is 10.4 Å². The van der Waals surface area contributed by atoms with Crippen molar-refractivity contribution in [1.29, 1.82) is 0 Å². The average Bonchev–Trinajstić information content (AvgIpc) is 3.07. The van der Waals surface area contributed by atoms with E-state index >= 15 is 0 Å². The summed E-state index contributed by atoms with van der Waals surface area (Å²) in [7, 11) is 1.35. The number of carboxylic acids is 1. The smallest absolute Gasteiger partial charge is 0.407 e. The van der Waals surface area contributed by atoms with E-state index < -0.39 is 18.7 Å². The lowest BCUT2D eigenvalue weighted by atomic mass is 9.98. The summed E-state index contributed by atoms with van der Waals surface area (Å²) >= 11 is 0. The molecule has 1 aliphatic carbocycles. The number of hydrogen-bond donors (Lipinski definition) is 2. The summed E-state index contributed by atoms with van der Waals surface area (Å²) in [6.07, 6.45) is -0.0522. The maximum Gasteiger partial charge on any atom is 0.407 e. The van der Waals surface area contributed by atoms with Gasteiger partial charge in [-0.25, -0.2) is 14.7 Å². The van der Waals surface area contributed by atoms with Crippen molar-refractivity contribution < 1.29 is 29.1 Å². The Bertz CT molecular complexity index is 884. The minimum absolute atomic E-state index is 0.00948. The Kier molecular flexibility index (Phi) is 7.03. The second kappa shape index (κ2) is 9.89.